The smallest absolute Gasteiger partial charge is 0.241 e. The monoisotopic (exact) mass is 380 g/mol. The maximum absolute atomic E-state index is 12.2. The molecule has 1 heterocycles. The molecule has 150 valence electrons. The van der Waals surface area contributed by atoms with Crippen molar-refractivity contribution in [1.29, 1.82) is 0 Å². The Bertz CT molecular complexity index is 783. The van der Waals surface area contributed by atoms with Gasteiger partial charge in [0.1, 0.15) is 5.75 Å². The van der Waals surface area contributed by atoms with Crippen molar-refractivity contribution in [1.82, 2.24) is 5.32 Å². The minimum absolute atomic E-state index is 0.0474. The van der Waals surface area contributed by atoms with E-state index in [0.717, 1.165) is 43.7 Å². The van der Waals surface area contributed by atoms with Crippen LogP contribution >= 0.6 is 0 Å². The van der Waals surface area contributed by atoms with Crippen LogP contribution in [0.25, 0.3) is 0 Å². The zero-order valence-electron chi connectivity index (χ0n) is 17.5. The topological polar surface area (TPSA) is 50.4 Å². The molecular weight excluding hydrogens is 348 g/mol. The average molecular weight is 381 g/mol. The first kappa shape index (κ1) is 20.4. The van der Waals surface area contributed by atoms with Gasteiger partial charge in [-0.2, -0.15) is 0 Å². The van der Waals surface area contributed by atoms with Crippen molar-refractivity contribution in [3.05, 3.63) is 58.7 Å². The molecule has 4 heteroatoms. The summed E-state index contributed by atoms with van der Waals surface area (Å²) in [6.45, 7) is 9.28. The van der Waals surface area contributed by atoms with E-state index >= 15 is 0 Å². The van der Waals surface area contributed by atoms with Crippen LogP contribution in [0.5, 0.6) is 5.75 Å². The van der Waals surface area contributed by atoms with Crippen LogP contribution < -0.4 is 15.4 Å². The Morgan fingerprint density at radius 2 is 1.75 bits per heavy atom. The van der Waals surface area contributed by atoms with Crippen LogP contribution in [0.15, 0.2) is 36.4 Å². The highest BCUT2D eigenvalue weighted by Crippen LogP contribution is 2.26. The van der Waals surface area contributed by atoms with E-state index in [4.69, 9.17) is 4.74 Å². The first-order valence-corrected chi connectivity index (χ1v) is 10.3. The zero-order chi connectivity index (χ0) is 20.1. The Labute approximate surface area is 168 Å². The lowest BCUT2D eigenvalue weighted by Gasteiger charge is -2.16. The van der Waals surface area contributed by atoms with E-state index in [0.29, 0.717) is 0 Å². The number of nitrogens with one attached hydrogen (secondary N) is 2. The van der Waals surface area contributed by atoms with Crippen LogP contribution in [0.4, 0.5) is 5.69 Å². The molecule has 0 saturated carbocycles. The van der Waals surface area contributed by atoms with E-state index in [2.05, 4.69) is 62.6 Å². The number of hydrogen-bond acceptors (Lipinski definition) is 3. The van der Waals surface area contributed by atoms with Crippen LogP contribution in [0.1, 0.15) is 48.9 Å². The minimum atomic E-state index is -0.0474. The summed E-state index contributed by atoms with van der Waals surface area (Å²) in [4.78, 5) is 12.2. The second kappa shape index (κ2) is 9.24. The van der Waals surface area contributed by atoms with Gasteiger partial charge in [-0.15, -0.1) is 0 Å². The summed E-state index contributed by atoms with van der Waals surface area (Å²) < 4.78 is 5.94. The Morgan fingerprint density at radius 1 is 1.11 bits per heavy atom. The van der Waals surface area contributed by atoms with Gasteiger partial charge in [0.25, 0.3) is 0 Å². The molecule has 1 aliphatic heterocycles. The molecule has 2 N–H and O–H groups in total. The summed E-state index contributed by atoms with van der Waals surface area (Å²) in [7, 11) is 0. The normalized spacial score (nSPS) is 16.4. The third kappa shape index (κ3) is 5.35. The Balaban J connectivity index is 1.56. The van der Waals surface area contributed by atoms with Gasteiger partial charge in [0, 0.05) is 5.69 Å². The predicted molar refractivity (Wildman–Crippen MR) is 115 cm³/mol. The summed E-state index contributed by atoms with van der Waals surface area (Å²) in [5.41, 5.74) is 5.86. The Kier molecular flexibility index (Phi) is 6.74. The van der Waals surface area contributed by atoms with Crippen molar-refractivity contribution in [2.45, 2.75) is 65.5 Å². The van der Waals surface area contributed by atoms with Gasteiger partial charge < -0.3 is 15.4 Å². The quantitative estimate of drug-likeness (QED) is 0.740. The summed E-state index contributed by atoms with van der Waals surface area (Å²) in [5, 5.41) is 6.23. The predicted octanol–water partition coefficient (Wildman–Crippen LogP) is 4.57. The number of amides is 1. The highest BCUT2D eigenvalue weighted by molar-refractivity contribution is 5.95. The molecule has 0 aromatic heterocycles. The number of carbonyl (C=O) groups is 1. The number of rotatable bonds is 7. The number of anilines is 1. The van der Waals surface area contributed by atoms with Gasteiger partial charge in [0.2, 0.25) is 5.91 Å². The SMILES string of the molecule is Cc1cc(CCc2ccc(NC(=O)[C@H]3CCCN3)cc2)cc(C)c1OC(C)C. The lowest BCUT2D eigenvalue weighted by atomic mass is 9.99. The number of ether oxygens (including phenoxy) is 1. The highest BCUT2D eigenvalue weighted by atomic mass is 16.5. The molecule has 0 unspecified atom stereocenters. The fraction of sp³-hybridized carbons (Fsp3) is 0.458. The summed E-state index contributed by atoms with van der Waals surface area (Å²) in [6, 6.07) is 12.6. The third-order valence-corrected chi connectivity index (χ3v) is 5.17. The number of carbonyl (C=O) groups excluding carboxylic acids is 1. The van der Waals surface area contributed by atoms with Crippen molar-refractivity contribution in [2.24, 2.45) is 0 Å². The van der Waals surface area contributed by atoms with Crippen molar-refractivity contribution < 1.29 is 9.53 Å². The number of hydrogen-bond donors (Lipinski definition) is 2. The maximum atomic E-state index is 12.2. The second-order valence-electron chi connectivity index (χ2n) is 8.06. The zero-order valence-corrected chi connectivity index (χ0v) is 17.5. The van der Waals surface area contributed by atoms with Crippen LogP contribution in [0.2, 0.25) is 0 Å². The van der Waals surface area contributed by atoms with Gasteiger partial charge in [0.15, 0.2) is 0 Å². The molecule has 28 heavy (non-hydrogen) atoms. The lowest BCUT2D eigenvalue weighted by Crippen LogP contribution is -2.35. The molecule has 1 saturated heterocycles. The molecule has 4 nitrogen and oxygen atoms in total. The molecule has 1 amide bonds. The van der Waals surface area contributed by atoms with Gasteiger partial charge in [-0.1, -0.05) is 24.3 Å². The van der Waals surface area contributed by atoms with Crippen molar-refractivity contribution in [3.63, 3.8) is 0 Å². The maximum Gasteiger partial charge on any atom is 0.241 e. The summed E-state index contributed by atoms with van der Waals surface area (Å²) in [5.74, 6) is 1.08. The first-order valence-electron chi connectivity index (χ1n) is 10.3. The van der Waals surface area contributed by atoms with Gasteiger partial charge in [-0.3, -0.25) is 4.79 Å². The van der Waals surface area contributed by atoms with Gasteiger partial charge in [-0.05, 0) is 94.3 Å². The number of aryl methyl sites for hydroxylation is 4. The molecule has 0 spiro atoms. The average Bonchev–Trinajstić information content (AvgIpc) is 3.19. The van der Waals surface area contributed by atoms with E-state index in [1.807, 2.05) is 12.1 Å². The fourth-order valence-electron chi connectivity index (χ4n) is 3.79. The largest absolute Gasteiger partial charge is 0.490 e. The molecule has 2 aromatic rings. The van der Waals surface area contributed by atoms with Crippen LogP contribution in [-0.2, 0) is 17.6 Å². The fourth-order valence-corrected chi connectivity index (χ4v) is 3.79. The Hall–Kier alpha value is -2.33. The standard InChI is InChI=1S/C24H32N2O2/c1-16(2)28-23-17(3)14-20(15-18(23)4)8-7-19-9-11-21(12-10-19)26-24(27)22-6-5-13-25-22/h9-12,14-16,22,25H,5-8,13H2,1-4H3,(H,26,27)/t22-/m1/s1. The molecule has 3 rings (SSSR count). The van der Waals surface area contributed by atoms with E-state index in [-0.39, 0.29) is 18.1 Å². The Morgan fingerprint density at radius 3 is 2.32 bits per heavy atom. The van der Waals surface area contributed by atoms with Crippen LogP contribution in [0.3, 0.4) is 0 Å². The van der Waals surface area contributed by atoms with Crippen LogP contribution in [0, 0.1) is 13.8 Å². The second-order valence-corrected chi connectivity index (χ2v) is 8.06. The van der Waals surface area contributed by atoms with Crippen molar-refractivity contribution >= 4 is 11.6 Å². The third-order valence-electron chi connectivity index (χ3n) is 5.17. The lowest BCUT2D eigenvalue weighted by molar-refractivity contribution is -0.117. The van der Waals surface area contributed by atoms with Gasteiger partial charge >= 0.3 is 0 Å². The molecule has 2 aromatic carbocycles. The first-order chi connectivity index (χ1) is 13.4. The molecule has 1 aliphatic rings. The minimum Gasteiger partial charge on any atom is -0.490 e. The van der Waals surface area contributed by atoms with Crippen molar-refractivity contribution in [3.8, 4) is 5.75 Å². The summed E-state index contributed by atoms with van der Waals surface area (Å²) in [6.07, 6.45) is 4.14. The van der Waals surface area contributed by atoms with Gasteiger partial charge in [-0.25, -0.2) is 0 Å². The molecule has 0 bridgehead atoms. The van der Waals surface area contributed by atoms with Crippen LogP contribution in [-0.4, -0.2) is 24.6 Å². The molecular formula is C24H32N2O2. The van der Waals surface area contributed by atoms with E-state index in [9.17, 15) is 4.79 Å². The molecule has 1 atom stereocenters. The van der Waals surface area contributed by atoms with E-state index in [1.54, 1.807) is 0 Å². The molecule has 0 radical (unpaired) electrons. The molecule has 0 aliphatic carbocycles. The number of benzene rings is 2. The highest BCUT2D eigenvalue weighted by Gasteiger charge is 2.21. The summed E-state index contributed by atoms with van der Waals surface area (Å²) >= 11 is 0. The molecule has 1 fully saturated rings. The van der Waals surface area contributed by atoms with Crippen molar-refractivity contribution in [2.75, 3.05) is 11.9 Å². The van der Waals surface area contributed by atoms with Gasteiger partial charge in [0.05, 0.1) is 12.1 Å². The van der Waals surface area contributed by atoms with E-state index in [1.165, 1.54) is 22.3 Å². The van der Waals surface area contributed by atoms with E-state index < -0.39 is 0 Å².